The maximum Gasteiger partial charge on any atom is 0.417 e. The number of rotatable bonds is 3. The van der Waals surface area contributed by atoms with Gasteiger partial charge in [-0.1, -0.05) is 27.4 Å². The van der Waals surface area contributed by atoms with Crippen LogP contribution in [0.3, 0.4) is 0 Å². The molecule has 1 fully saturated rings. The monoisotopic (exact) mass is 239 g/mol. The Morgan fingerprint density at radius 1 is 1.53 bits per heavy atom. The van der Waals surface area contributed by atoms with E-state index in [0.717, 1.165) is 0 Å². The molecule has 0 radical (unpaired) electrons. The highest BCUT2D eigenvalue weighted by molar-refractivity contribution is 6.03. The number of hydrogen-bond acceptors (Lipinski definition) is 3. The van der Waals surface area contributed by atoms with Gasteiger partial charge in [0.25, 0.3) is 5.91 Å². The molecule has 1 heterocycles. The van der Waals surface area contributed by atoms with Gasteiger partial charge in [0.15, 0.2) is 0 Å². The fourth-order valence-electron chi connectivity index (χ4n) is 2.39. The quantitative estimate of drug-likeness (QED) is 0.711. The standard InChI is InChI=1S/C13H21NO3/c1-7-9(4)11(15)14-10(8(2)3)13(5,6)17-12(14)16/h8,10H,4,7H2,1-3,5-6H3/t10-/m0/s1. The fourth-order valence-corrected chi connectivity index (χ4v) is 2.39. The lowest BCUT2D eigenvalue weighted by molar-refractivity contribution is -0.126. The van der Waals surface area contributed by atoms with E-state index in [4.69, 9.17) is 4.74 Å². The van der Waals surface area contributed by atoms with Crippen molar-refractivity contribution in [3.8, 4) is 0 Å². The Hall–Kier alpha value is -1.32. The molecule has 1 aliphatic rings. The number of carbonyl (C=O) groups is 2. The molecule has 1 aliphatic heterocycles. The van der Waals surface area contributed by atoms with Crippen molar-refractivity contribution in [1.29, 1.82) is 0 Å². The molecule has 0 spiro atoms. The van der Waals surface area contributed by atoms with Crippen molar-refractivity contribution in [2.24, 2.45) is 5.92 Å². The molecule has 4 heteroatoms. The second-order valence-corrected chi connectivity index (χ2v) is 5.29. The van der Waals surface area contributed by atoms with Gasteiger partial charge in [-0.2, -0.15) is 0 Å². The lowest BCUT2D eigenvalue weighted by atomic mass is 9.88. The molecule has 0 aliphatic carbocycles. The molecule has 0 N–H and O–H groups in total. The predicted octanol–water partition coefficient (Wildman–Crippen LogP) is 2.73. The van der Waals surface area contributed by atoms with E-state index in [1.165, 1.54) is 4.90 Å². The van der Waals surface area contributed by atoms with Crippen LogP contribution in [0.2, 0.25) is 0 Å². The van der Waals surface area contributed by atoms with E-state index < -0.39 is 11.7 Å². The van der Waals surface area contributed by atoms with Gasteiger partial charge in [0.1, 0.15) is 5.60 Å². The van der Waals surface area contributed by atoms with Gasteiger partial charge in [-0.25, -0.2) is 9.69 Å². The minimum Gasteiger partial charge on any atom is -0.441 e. The molecule has 1 rings (SSSR count). The van der Waals surface area contributed by atoms with Crippen LogP contribution < -0.4 is 0 Å². The highest BCUT2D eigenvalue weighted by atomic mass is 16.6. The van der Waals surface area contributed by atoms with Crippen LogP contribution >= 0.6 is 0 Å². The Kier molecular flexibility index (Phi) is 3.65. The Balaban J connectivity index is 3.08. The third kappa shape index (κ3) is 2.35. The van der Waals surface area contributed by atoms with Gasteiger partial charge in [-0.3, -0.25) is 4.79 Å². The molecule has 0 bridgehead atoms. The van der Waals surface area contributed by atoms with Crippen molar-refractivity contribution in [2.45, 2.75) is 52.7 Å². The van der Waals surface area contributed by atoms with Crippen LogP contribution in [0, 0.1) is 5.92 Å². The van der Waals surface area contributed by atoms with E-state index in [2.05, 4.69) is 6.58 Å². The first-order chi connectivity index (χ1) is 7.72. The summed E-state index contributed by atoms with van der Waals surface area (Å²) in [7, 11) is 0. The van der Waals surface area contributed by atoms with E-state index in [1.807, 2.05) is 34.6 Å². The summed E-state index contributed by atoms with van der Waals surface area (Å²) in [6, 6.07) is -0.245. The van der Waals surface area contributed by atoms with E-state index in [9.17, 15) is 9.59 Å². The average molecular weight is 239 g/mol. The third-order valence-electron chi connectivity index (χ3n) is 3.12. The molecule has 0 aromatic rings. The second-order valence-electron chi connectivity index (χ2n) is 5.29. The SMILES string of the molecule is C=C(CC)C(=O)N1C(=O)OC(C)(C)[C@@H]1C(C)C. The molecule has 1 saturated heterocycles. The van der Waals surface area contributed by atoms with Crippen LogP contribution in [0.5, 0.6) is 0 Å². The number of imide groups is 1. The van der Waals surface area contributed by atoms with Crippen LogP contribution in [0.1, 0.15) is 41.0 Å². The van der Waals surface area contributed by atoms with Crippen LogP contribution in [0.4, 0.5) is 4.79 Å². The van der Waals surface area contributed by atoms with E-state index in [-0.39, 0.29) is 17.9 Å². The predicted molar refractivity (Wildman–Crippen MR) is 65.5 cm³/mol. The van der Waals surface area contributed by atoms with Crippen molar-refractivity contribution < 1.29 is 14.3 Å². The Labute approximate surface area is 103 Å². The van der Waals surface area contributed by atoms with Crippen molar-refractivity contribution in [3.63, 3.8) is 0 Å². The van der Waals surface area contributed by atoms with Gasteiger partial charge < -0.3 is 4.74 Å². The second kappa shape index (κ2) is 4.51. The first kappa shape index (κ1) is 13.7. The number of carbonyl (C=O) groups excluding carboxylic acids is 2. The summed E-state index contributed by atoms with van der Waals surface area (Å²) in [6.45, 7) is 13.2. The van der Waals surface area contributed by atoms with Crippen LogP contribution in [0.25, 0.3) is 0 Å². The topological polar surface area (TPSA) is 46.6 Å². The average Bonchev–Trinajstić information content (AvgIpc) is 2.45. The lowest BCUT2D eigenvalue weighted by Gasteiger charge is -2.31. The zero-order valence-electron chi connectivity index (χ0n) is 11.2. The number of hydrogen-bond donors (Lipinski definition) is 0. The van der Waals surface area contributed by atoms with Crippen LogP contribution in [-0.2, 0) is 9.53 Å². The molecular formula is C13H21NO3. The normalized spacial score (nSPS) is 22.8. The largest absolute Gasteiger partial charge is 0.441 e. The lowest BCUT2D eigenvalue weighted by Crippen LogP contribution is -2.48. The number of ether oxygens (including phenoxy) is 1. The molecule has 17 heavy (non-hydrogen) atoms. The third-order valence-corrected chi connectivity index (χ3v) is 3.12. The molecule has 4 nitrogen and oxygen atoms in total. The van der Waals surface area contributed by atoms with E-state index in [0.29, 0.717) is 12.0 Å². The number of cyclic esters (lactones) is 1. The molecular weight excluding hydrogens is 218 g/mol. The smallest absolute Gasteiger partial charge is 0.417 e. The molecule has 0 saturated carbocycles. The van der Waals surface area contributed by atoms with Gasteiger partial charge in [-0.05, 0) is 26.2 Å². The van der Waals surface area contributed by atoms with Crippen LogP contribution in [-0.4, -0.2) is 28.5 Å². The highest BCUT2D eigenvalue weighted by Gasteiger charge is 2.51. The highest BCUT2D eigenvalue weighted by Crippen LogP contribution is 2.34. The van der Waals surface area contributed by atoms with Gasteiger partial charge in [-0.15, -0.1) is 0 Å². The first-order valence-corrected chi connectivity index (χ1v) is 5.96. The van der Waals surface area contributed by atoms with Crippen LogP contribution in [0.15, 0.2) is 12.2 Å². The summed E-state index contributed by atoms with van der Waals surface area (Å²) in [6.07, 6.45) is -0.0262. The zero-order valence-corrected chi connectivity index (χ0v) is 11.2. The minimum atomic E-state index is -0.644. The van der Waals surface area contributed by atoms with Crippen molar-refractivity contribution in [1.82, 2.24) is 4.90 Å². The van der Waals surface area contributed by atoms with Gasteiger partial charge >= 0.3 is 6.09 Å². The molecule has 0 aromatic heterocycles. The van der Waals surface area contributed by atoms with Gasteiger partial charge in [0, 0.05) is 5.57 Å². The molecule has 0 aromatic carbocycles. The fraction of sp³-hybridized carbons (Fsp3) is 0.692. The van der Waals surface area contributed by atoms with Crippen molar-refractivity contribution in [3.05, 3.63) is 12.2 Å². The number of nitrogens with zero attached hydrogens (tertiary/aromatic N) is 1. The summed E-state index contributed by atoms with van der Waals surface area (Å²) in [4.78, 5) is 25.1. The molecule has 1 atom stereocenters. The van der Waals surface area contributed by atoms with Gasteiger partial charge in [0.2, 0.25) is 0 Å². The van der Waals surface area contributed by atoms with E-state index in [1.54, 1.807) is 0 Å². The Morgan fingerprint density at radius 3 is 2.47 bits per heavy atom. The number of amides is 2. The summed E-state index contributed by atoms with van der Waals surface area (Å²) in [5, 5.41) is 0. The summed E-state index contributed by atoms with van der Waals surface area (Å²) in [5.74, 6) is -0.174. The Bertz CT molecular complexity index is 358. The van der Waals surface area contributed by atoms with Crippen molar-refractivity contribution in [2.75, 3.05) is 0 Å². The zero-order chi connectivity index (χ0) is 13.4. The maximum absolute atomic E-state index is 12.1. The first-order valence-electron chi connectivity index (χ1n) is 5.96. The van der Waals surface area contributed by atoms with Crippen molar-refractivity contribution >= 4 is 12.0 Å². The summed E-state index contributed by atoms with van der Waals surface area (Å²) in [5.41, 5.74) is -0.208. The molecule has 2 amide bonds. The minimum absolute atomic E-state index is 0.144. The summed E-state index contributed by atoms with van der Waals surface area (Å²) < 4.78 is 5.28. The summed E-state index contributed by atoms with van der Waals surface area (Å²) >= 11 is 0. The van der Waals surface area contributed by atoms with Gasteiger partial charge in [0.05, 0.1) is 6.04 Å². The Morgan fingerprint density at radius 2 is 2.06 bits per heavy atom. The van der Waals surface area contributed by atoms with E-state index >= 15 is 0 Å². The molecule has 0 unspecified atom stereocenters. The molecule has 96 valence electrons. The maximum atomic E-state index is 12.1.